The molecule has 0 fully saturated rings. The third-order valence-corrected chi connectivity index (χ3v) is 5.39. The second kappa shape index (κ2) is 5.93. The van der Waals surface area contributed by atoms with Crippen LogP contribution in [0.25, 0.3) is 16.6 Å². The summed E-state index contributed by atoms with van der Waals surface area (Å²) in [7, 11) is -3.94. The SMILES string of the molecule is Cc1ccc(S(=O)(=O)Nn2ccc3c(cnc4c(C#N)cnn43)c2=O)cc1. The number of hydrogen-bond donors (Lipinski definition) is 1. The first-order valence-corrected chi connectivity index (χ1v) is 9.27. The zero-order valence-corrected chi connectivity index (χ0v) is 14.8. The predicted octanol–water partition coefficient (Wildman–Crippen LogP) is 1.16. The first-order chi connectivity index (χ1) is 12.9. The Morgan fingerprint density at radius 2 is 1.89 bits per heavy atom. The van der Waals surface area contributed by atoms with Crippen molar-refractivity contribution in [2.45, 2.75) is 11.8 Å². The Kier molecular flexibility index (Phi) is 3.67. The van der Waals surface area contributed by atoms with E-state index in [2.05, 4.69) is 14.9 Å². The molecule has 0 atom stereocenters. The highest BCUT2D eigenvalue weighted by atomic mass is 32.2. The third kappa shape index (κ3) is 2.70. The number of nitrogens with one attached hydrogen (secondary N) is 1. The van der Waals surface area contributed by atoms with Crippen molar-refractivity contribution in [3.05, 3.63) is 70.4 Å². The number of pyridine rings is 1. The van der Waals surface area contributed by atoms with E-state index in [-0.39, 0.29) is 15.8 Å². The molecule has 3 aromatic heterocycles. The Bertz CT molecular complexity index is 1400. The maximum Gasteiger partial charge on any atom is 0.280 e. The Labute approximate surface area is 153 Å². The highest BCUT2D eigenvalue weighted by Gasteiger charge is 2.17. The monoisotopic (exact) mass is 380 g/mol. The normalized spacial score (nSPS) is 11.6. The summed E-state index contributed by atoms with van der Waals surface area (Å²) in [5, 5.41) is 13.3. The van der Waals surface area contributed by atoms with Gasteiger partial charge in [0.2, 0.25) is 0 Å². The van der Waals surface area contributed by atoms with Crippen molar-refractivity contribution in [1.29, 1.82) is 5.26 Å². The van der Waals surface area contributed by atoms with Crippen molar-refractivity contribution in [2.24, 2.45) is 0 Å². The molecule has 0 aliphatic heterocycles. The zero-order chi connectivity index (χ0) is 19.2. The van der Waals surface area contributed by atoms with Gasteiger partial charge in [-0.3, -0.25) is 4.79 Å². The molecular weight excluding hydrogens is 368 g/mol. The van der Waals surface area contributed by atoms with Crippen molar-refractivity contribution < 1.29 is 8.42 Å². The Morgan fingerprint density at radius 3 is 2.59 bits per heavy atom. The summed E-state index contributed by atoms with van der Waals surface area (Å²) in [6.45, 7) is 1.85. The Hall–Kier alpha value is -3.71. The second-order valence-electron chi connectivity index (χ2n) is 5.86. The van der Waals surface area contributed by atoms with E-state index in [0.29, 0.717) is 11.2 Å². The molecule has 4 aromatic rings. The van der Waals surface area contributed by atoms with Crippen LogP contribution in [0.1, 0.15) is 11.1 Å². The number of aryl methyl sites for hydroxylation is 1. The van der Waals surface area contributed by atoms with Crippen molar-refractivity contribution >= 4 is 26.6 Å². The zero-order valence-electron chi connectivity index (χ0n) is 14.0. The van der Waals surface area contributed by atoms with E-state index >= 15 is 0 Å². The molecule has 0 saturated heterocycles. The lowest BCUT2D eigenvalue weighted by Crippen LogP contribution is -2.33. The van der Waals surface area contributed by atoms with E-state index in [1.807, 2.05) is 13.0 Å². The molecule has 134 valence electrons. The number of sulfonamides is 1. The predicted molar refractivity (Wildman–Crippen MR) is 97.2 cm³/mol. The van der Waals surface area contributed by atoms with Gasteiger partial charge >= 0.3 is 0 Å². The van der Waals surface area contributed by atoms with Crippen molar-refractivity contribution in [2.75, 3.05) is 4.83 Å². The summed E-state index contributed by atoms with van der Waals surface area (Å²) in [6.07, 6.45) is 3.95. The van der Waals surface area contributed by atoms with Gasteiger partial charge in [-0.25, -0.2) is 19.0 Å². The van der Waals surface area contributed by atoms with Crippen molar-refractivity contribution in [1.82, 2.24) is 19.3 Å². The summed E-state index contributed by atoms with van der Waals surface area (Å²) in [5.74, 6) is 0. The van der Waals surface area contributed by atoms with E-state index in [0.717, 1.165) is 10.2 Å². The molecule has 0 bridgehead atoms. The van der Waals surface area contributed by atoms with E-state index < -0.39 is 15.6 Å². The molecule has 9 nitrogen and oxygen atoms in total. The Morgan fingerprint density at radius 1 is 1.15 bits per heavy atom. The lowest BCUT2D eigenvalue weighted by Gasteiger charge is -2.11. The van der Waals surface area contributed by atoms with Crippen LogP contribution >= 0.6 is 0 Å². The van der Waals surface area contributed by atoms with E-state index in [4.69, 9.17) is 5.26 Å². The average Bonchev–Trinajstić information content (AvgIpc) is 3.07. The van der Waals surface area contributed by atoms with Gasteiger partial charge in [0.15, 0.2) is 5.65 Å². The minimum absolute atomic E-state index is 0.0411. The van der Waals surface area contributed by atoms with Crippen LogP contribution in [-0.2, 0) is 10.0 Å². The Balaban J connectivity index is 1.83. The van der Waals surface area contributed by atoms with E-state index in [9.17, 15) is 13.2 Å². The largest absolute Gasteiger partial charge is 0.280 e. The fourth-order valence-electron chi connectivity index (χ4n) is 2.67. The lowest BCUT2D eigenvalue weighted by molar-refractivity contribution is 0.594. The fourth-order valence-corrected chi connectivity index (χ4v) is 3.67. The van der Waals surface area contributed by atoms with Crippen molar-refractivity contribution in [3.8, 4) is 6.07 Å². The number of aromatic nitrogens is 4. The maximum atomic E-state index is 12.7. The molecule has 4 rings (SSSR count). The lowest BCUT2D eigenvalue weighted by atomic mass is 10.2. The quantitative estimate of drug-likeness (QED) is 0.569. The highest BCUT2D eigenvalue weighted by molar-refractivity contribution is 7.92. The van der Waals surface area contributed by atoms with Gasteiger partial charge < -0.3 is 0 Å². The summed E-state index contributed by atoms with van der Waals surface area (Å²) < 4.78 is 27.3. The smallest absolute Gasteiger partial charge is 0.267 e. The van der Waals surface area contributed by atoms with Crippen LogP contribution in [0, 0.1) is 18.3 Å². The molecule has 0 spiro atoms. The summed E-state index contributed by atoms with van der Waals surface area (Å²) >= 11 is 0. The molecule has 0 radical (unpaired) electrons. The van der Waals surface area contributed by atoms with E-state index in [1.165, 1.54) is 41.3 Å². The standard InChI is InChI=1S/C17H12N6O3S/c1-11-2-4-13(5-3-11)27(25,26)21-22-7-6-15-14(17(22)24)10-19-16-12(8-18)9-20-23(15)16/h2-7,9-10,21H,1H3. The first kappa shape index (κ1) is 16.7. The van der Waals surface area contributed by atoms with Crippen LogP contribution in [-0.4, -0.2) is 27.7 Å². The molecule has 0 aliphatic carbocycles. The van der Waals surface area contributed by atoms with Gasteiger partial charge in [-0.05, 0) is 25.1 Å². The van der Waals surface area contributed by atoms with Crippen LogP contribution in [0.5, 0.6) is 0 Å². The van der Waals surface area contributed by atoms with E-state index in [1.54, 1.807) is 12.1 Å². The van der Waals surface area contributed by atoms with Crippen LogP contribution in [0.3, 0.4) is 0 Å². The van der Waals surface area contributed by atoms with Gasteiger partial charge in [0.1, 0.15) is 11.6 Å². The summed E-state index contributed by atoms with van der Waals surface area (Å²) in [6, 6.07) is 9.76. The molecular formula is C17H12N6O3S. The molecule has 10 heteroatoms. The topological polar surface area (TPSA) is 122 Å². The van der Waals surface area contributed by atoms with Crippen LogP contribution in [0.4, 0.5) is 0 Å². The number of hydrogen-bond acceptors (Lipinski definition) is 6. The minimum Gasteiger partial charge on any atom is -0.267 e. The molecule has 0 saturated carbocycles. The van der Waals surface area contributed by atoms with Gasteiger partial charge in [-0.1, -0.05) is 17.7 Å². The molecule has 1 aromatic carbocycles. The number of fused-ring (bicyclic) bond motifs is 3. The van der Waals surface area contributed by atoms with Gasteiger partial charge in [0.25, 0.3) is 15.6 Å². The minimum atomic E-state index is -3.94. The number of benzene rings is 1. The molecule has 3 heterocycles. The van der Waals surface area contributed by atoms with Crippen LogP contribution in [0.2, 0.25) is 0 Å². The average molecular weight is 380 g/mol. The highest BCUT2D eigenvalue weighted by Crippen LogP contribution is 2.14. The molecule has 0 aliphatic rings. The molecule has 0 amide bonds. The second-order valence-corrected chi connectivity index (χ2v) is 7.52. The number of nitriles is 1. The first-order valence-electron chi connectivity index (χ1n) is 7.78. The number of rotatable bonds is 3. The fraction of sp³-hybridized carbons (Fsp3) is 0.0588. The van der Waals surface area contributed by atoms with Crippen LogP contribution in [0.15, 0.2) is 58.6 Å². The maximum absolute atomic E-state index is 12.7. The summed E-state index contributed by atoms with van der Waals surface area (Å²) in [4.78, 5) is 19.1. The van der Waals surface area contributed by atoms with Crippen LogP contribution < -0.4 is 10.4 Å². The molecule has 1 N–H and O–H groups in total. The van der Waals surface area contributed by atoms with Gasteiger partial charge in [-0.2, -0.15) is 18.8 Å². The summed E-state index contributed by atoms with van der Waals surface area (Å²) in [5.41, 5.74) is 1.33. The molecule has 27 heavy (non-hydrogen) atoms. The van der Waals surface area contributed by atoms with Gasteiger partial charge in [0, 0.05) is 12.4 Å². The van der Waals surface area contributed by atoms with Crippen molar-refractivity contribution in [3.63, 3.8) is 0 Å². The molecule has 0 unspecified atom stereocenters. The number of nitrogens with zero attached hydrogens (tertiary/aromatic N) is 5. The van der Waals surface area contributed by atoms with Gasteiger partial charge in [0.05, 0.1) is 22.0 Å². The third-order valence-electron chi connectivity index (χ3n) is 4.06. The van der Waals surface area contributed by atoms with Gasteiger partial charge in [-0.15, -0.1) is 0 Å².